The molecule has 2 aliphatic rings. The van der Waals surface area contributed by atoms with Crippen molar-refractivity contribution in [1.29, 1.82) is 0 Å². The van der Waals surface area contributed by atoms with E-state index in [1.807, 2.05) is 12.1 Å². The van der Waals surface area contributed by atoms with Crippen LogP contribution in [-0.2, 0) is 20.7 Å². The van der Waals surface area contributed by atoms with Crippen LogP contribution < -0.4 is 9.64 Å². The van der Waals surface area contributed by atoms with Crippen molar-refractivity contribution < 1.29 is 23.9 Å². The standard InChI is InChI=1S/C23H30N2O4/c1-5-14-12-25-10-9-15-21-18(7-6-8-20(21)28-3)24-22(15)19(25)11-16(14)17(13-27-2)23(26)29-4/h6-8,13-14,16,19,24H,5,9-12H2,1-4H3/p+1/b17-13+. The highest BCUT2D eigenvalue weighted by molar-refractivity contribution is 5.91. The van der Waals surface area contributed by atoms with Crippen LogP contribution in [0.3, 0.4) is 0 Å². The van der Waals surface area contributed by atoms with Crippen LogP contribution in [0.4, 0.5) is 0 Å². The minimum Gasteiger partial charge on any atom is -0.504 e. The van der Waals surface area contributed by atoms with Gasteiger partial charge in [-0.25, -0.2) is 4.79 Å². The Morgan fingerprint density at radius 3 is 2.83 bits per heavy atom. The van der Waals surface area contributed by atoms with Gasteiger partial charge in [-0.2, -0.15) is 0 Å². The molecule has 0 bridgehead atoms. The predicted octanol–water partition coefficient (Wildman–Crippen LogP) is 2.41. The number of hydrogen-bond donors (Lipinski definition) is 2. The van der Waals surface area contributed by atoms with E-state index in [1.54, 1.807) is 25.4 Å². The number of hydrogen-bond acceptors (Lipinski definition) is 4. The van der Waals surface area contributed by atoms with Crippen molar-refractivity contribution in [3.63, 3.8) is 0 Å². The van der Waals surface area contributed by atoms with Gasteiger partial charge in [0, 0.05) is 35.6 Å². The number of methoxy groups -OCH3 is 3. The number of H-pyrrole nitrogens is 1. The highest BCUT2D eigenvalue weighted by atomic mass is 16.5. The molecule has 4 rings (SSSR count). The second kappa shape index (κ2) is 8.11. The zero-order chi connectivity index (χ0) is 20.5. The second-order valence-corrected chi connectivity index (χ2v) is 8.13. The van der Waals surface area contributed by atoms with Crippen molar-refractivity contribution >= 4 is 16.9 Å². The van der Waals surface area contributed by atoms with Crippen molar-refractivity contribution in [1.82, 2.24) is 4.98 Å². The highest BCUT2D eigenvalue weighted by Crippen LogP contribution is 2.40. The van der Waals surface area contributed by atoms with Crippen LogP contribution in [0.15, 0.2) is 30.0 Å². The number of nitrogens with one attached hydrogen (secondary N) is 2. The summed E-state index contributed by atoms with van der Waals surface area (Å²) in [6.07, 6.45) is 4.56. The molecule has 0 amide bonds. The summed E-state index contributed by atoms with van der Waals surface area (Å²) in [7, 11) is 4.76. The van der Waals surface area contributed by atoms with E-state index in [2.05, 4.69) is 18.0 Å². The van der Waals surface area contributed by atoms with Crippen molar-refractivity contribution in [3.8, 4) is 5.75 Å². The molecule has 2 aromatic rings. The second-order valence-electron chi connectivity index (χ2n) is 8.13. The molecule has 2 aliphatic heterocycles. The lowest BCUT2D eigenvalue weighted by molar-refractivity contribution is -0.944. The molecular weight excluding hydrogens is 368 g/mol. The first kappa shape index (κ1) is 19.8. The number of rotatable bonds is 5. The zero-order valence-corrected chi connectivity index (χ0v) is 17.7. The van der Waals surface area contributed by atoms with Gasteiger partial charge < -0.3 is 24.1 Å². The predicted molar refractivity (Wildman–Crippen MR) is 111 cm³/mol. The van der Waals surface area contributed by atoms with Gasteiger partial charge in [0.2, 0.25) is 0 Å². The van der Waals surface area contributed by atoms with Crippen molar-refractivity contribution in [3.05, 3.63) is 41.3 Å². The van der Waals surface area contributed by atoms with Gasteiger partial charge in [0.25, 0.3) is 0 Å². The van der Waals surface area contributed by atoms with Gasteiger partial charge in [-0.3, -0.25) is 0 Å². The molecule has 1 fully saturated rings. The Balaban J connectivity index is 1.76. The molecule has 0 radical (unpaired) electrons. The molecule has 3 heterocycles. The molecule has 0 aliphatic carbocycles. The topological polar surface area (TPSA) is 65.0 Å². The van der Waals surface area contributed by atoms with Crippen molar-refractivity contribution in [2.75, 3.05) is 34.4 Å². The molecule has 4 atom stereocenters. The summed E-state index contributed by atoms with van der Waals surface area (Å²) in [5.74, 6) is 1.20. The average molecular weight is 400 g/mol. The highest BCUT2D eigenvalue weighted by Gasteiger charge is 2.45. The van der Waals surface area contributed by atoms with E-state index in [4.69, 9.17) is 14.2 Å². The van der Waals surface area contributed by atoms with E-state index < -0.39 is 0 Å². The Morgan fingerprint density at radius 2 is 2.14 bits per heavy atom. The monoisotopic (exact) mass is 399 g/mol. The zero-order valence-electron chi connectivity index (χ0n) is 17.7. The van der Waals surface area contributed by atoms with Crippen LogP contribution >= 0.6 is 0 Å². The van der Waals surface area contributed by atoms with Crippen LogP contribution in [0.5, 0.6) is 5.75 Å². The first-order valence-corrected chi connectivity index (χ1v) is 10.5. The van der Waals surface area contributed by atoms with Gasteiger partial charge in [-0.1, -0.05) is 13.0 Å². The third-order valence-electron chi connectivity index (χ3n) is 6.85. The lowest BCUT2D eigenvalue weighted by atomic mass is 9.74. The summed E-state index contributed by atoms with van der Waals surface area (Å²) in [4.78, 5) is 17.8. The number of quaternary nitrogens is 1. The minimum absolute atomic E-state index is 0.125. The van der Waals surface area contributed by atoms with Crippen molar-refractivity contribution in [2.24, 2.45) is 11.8 Å². The van der Waals surface area contributed by atoms with Gasteiger partial charge in [0.15, 0.2) is 0 Å². The molecule has 2 N–H and O–H groups in total. The van der Waals surface area contributed by atoms with Crippen LogP contribution in [0.1, 0.15) is 37.1 Å². The average Bonchev–Trinajstić information content (AvgIpc) is 3.15. The van der Waals surface area contributed by atoms with Gasteiger partial charge in [0.1, 0.15) is 11.8 Å². The van der Waals surface area contributed by atoms with E-state index in [1.165, 1.54) is 23.8 Å². The number of aromatic nitrogens is 1. The molecule has 4 unspecified atom stereocenters. The number of esters is 1. The molecular formula is C23H31N2O4+. The number of aromatic amines is 1. The fourth-order valence-electron chi connectivity index (χ4n) is 5.49. The maximum Gasteiger partial charge on any atom is 0.337 e. The Labute approximate surface area is 171 Å². The molecule has 6 nitrogen and oxygen atoms in total. The Morgan fingerprint density at radius 1 is 1.31 bits per heavy atom. The fraction of sp³-hybridized carbons (Fsp3) is 0.522. The quantitative estimate of drug-likeness (QED) is 0.460. The Bertz CT molecular complexity index is 932. The SMILES string of the molecule is CCC1C[NH+]2CCc3c([nH]c4cccc(OC)c34)C2CC1/C(=C\OC)C(=O)OC. The summed E-state index contributed by atoms with van der Waals surface area (Å²) < 4.78 is 16.0. The first-order valence-electron chi connectivity index (χ1n) is 10.5. The van der Waals surface area contributed by atoms with E-state index in [9.17, 15) is 4.79 Å². The summed E-state index contributed by atoms with van der Waals surface area (Å²) in [5, 5.41) is 1.21. The molecule has 1 aromatic carbocycles. The third-order valence-corrected chi connectivity index (χ3v) is 6.85. The van der Waals surface area contributed by atoms with Gasteiger partial charge in [-0.15, -0.1) is 0 Å². The molecule has 0 saturated carbocycles. The maximum absolute atomic E-state index is 12.5. The van der Waals surface area contributed by atoms with Gasteiger partial charge >= 0.3 is 5.97 Å². The molecule has 1 saturated heterocycles. The van der Waals surface area contributed by atoms with E-state index in [0.717, 1.165) is 43.6 Å². The molecule has 0 spiro atoms. The fourth-order valence-corrected chi connectivity index (χ4v) is 5.49. The molecule has 1 aromatic heterocycles. The largest absolute Gasteiger partial charge is 0.504 e. The van der Waals surface area contributed by atoms with Crippen LogP contribution in [0, 0.1) is 11.8 Å². The van der Waals surface area contributed by atoms with E-state index in [-0.39, 0.29) is 11.9 Å². The number of fused-ring (bicyclic) bond motifs is 5. The lowest BCUT2D eigenvalue weighted by Gasteiger charge is -2.43. The number of piperidine rings is 1. The smallest absolute Gasteiger partial charge is 0.337 e. The van der Waals surface area contributed by atoms with Gasteiger partial charge in [-0.05, 0) is 24.1 Å². The number of benzene rings is 1. The lowest BCUT2D eigenvalue weighted by Crippen LogP contribution is -3.15. The van der Waals surface area contributed by atoms with Gasteiger partial charge in [0.05, 0.1) is 51.9 Å². The third kappa shape index (κ3) is 3.29. The summed E-state index contributed by atoms with van der Waals surface area (Å²) >= 11 is 0. The van der Waals surface area contributed by atoms with Crippen LogP contribution in [0.2, 0.25) is 0 Å². The summed E-state index contributed by atoms with van der Waals surface area (Å²) in [6.45, 7) is 4.37. The summed E-state index contributed by atoms with van der Waals surface area (Å²) in [5.41, 5.74) is 4.45. The maximum atomic E-state index is 12.5. The molecule has 156 valence electrons. The first-order chi connectivity index (χ1) is 14.1. The van der Waals surface area contributed by atoms with Crippen LogP contribution in [0.25, 0.3) is 10.9 Å². The Hall–Kier alpha value is -2.47. The van der Waals surface area contributed by atoms with Crippen LogP contribution in [-0.4, -0.2) is 45.4 Å². The number of ether oxygens (including phenoxy) is 3. The number of carbonyl (C=O) groups is 1. The van der Waals surface area contributed by atoms with Crippen molar-refractivity contribution in [2.45, 2.75) is 32.2 Å². The van der Waals surface area contributed by atoms with E-state index >= 15 is 0 Å². The minimum atomic E-state index is -0.284. The molecule has 29 heavy (non-hydrogen) atoms. The normalized spacial score (nSPS) is 26.6. The van der Waals surface area contributed by atoms with E-state index in [0.29, 0.717) is 17.5 Å². The number of carbonyl (C=O) groups excluding carboxylic acids is 1. The molecule has 6 heteroatoms. The Kier molecular flexibility index (Phi) is 5.54. The summed E-state index contributed by atoms with van der Waals surface area (Å²) in [6, 6.07) is 6.51.